The van der Waals surface area contributed by atoms with Crippen LogP contribution in [0.2, 0.25) is 0 Å². The van der Waals surface area contributed by atoms with Crippen LogP contribution in [0.1, 0.15) is 32.1 Å². The first-order valence-corrected chi connectivity index (χ1v) is 5.84. The molecule has 0 bridgehead atoms. The van der Waals surface area contributed by atoms with Crippen LogP contribution in [0.25, 0.3) is 0 Å². The molecule has 0 spiro atoms. The first-order valence-electron chi connectivity index (χ1n) is 5.84. The molecule has 1 amide bonds. The maximum atomic E-state index is 11.3. The van der Waals surface area contributed by atoms with Gasteiger partial charge >= 0.3 is 5.97 Å². The lowest BCUT2D eigenvalue weighted by Crippen LogP contribution is -2.37. The van der Waals surface area contributed by atoms with E-state index >= 15 is 0 Å². The van der Waals surface area contributed by atoms with E-state index in [9.17, 15) is 14.7 Å². The van der Waals surface area contributed by atoms with Gasteiger partial charge in [0.15, 0.2) is 6.10 Å². The Hall–Kier alpha value is -1.14. The molecule has 4 N–H and O–H groups in total. The van der Waals surface area contributed by atoms with Gasteiger partial charge in [0.2, 0.25) is 5.91 Å². The number of carbonyl (C=O) groups is 2. The van der Waals surface area contributed by atoms with E-state index < -0.39 is 12.1 Å². The van der Waals surface area contributed by atoms with Gasteiger partial charge in [-0.05, 0) is 19.4 Å². The molecular formula is C11H22N2O4. The molecule has 0 saturated carbocycles. The summed E-state index contributed by atoms with van der Waals surface area (Å²) in [5.74, 6) is -0.908. The van der Waals surface area contributed by atoms with E-state index in [0.29, 0.717) is 13.0 Å². The second-order valence-corrected chi connectivity index (χ2v) is 3.80. The number of aliphatic hydroxyl groups is 1. The Bertz CT molecular complexity index is 234. The Balaban J connectivity index is 3.49. The minimum atomic E-state index is -1.29. The summed E-state index contributed by atoms with van der Waals surface area (Å²) in [6.45, 7) is 0.575. The molecule has 1 unspecified atom stereocenters. The fraction of sp³-hybridized carbons (Fsp3) is 0.818. The average Bonchev–Trinajstić information content (AvgIpc) is 2.34. The van der Waals surface area contributed by atoms with Crippen LogP contribution >= 0.6 is 0 Å². The predicted octanol–water partition coefficient (Wildman–Crippen LogP) is -0.454. The van der Waals surface area contributed by atoms with Crippen molar-refractivity contribution in [3.8, 4) is 0 Å². The summed E-state index contributed by atoms with van der Waals surface area (Å²) in [6.07, 6.45) is 2.86. The van der Waals surface area contributed by atoms with E-state index in [2.05, 4.69) is 10.1 Å². The minimum Gasteiger partial charge on any atom is -0.467 e. The van der Waals surface area contributed by atoms with Crippen LogP contribution < -0.4 is 11.1 Å². The lowest BCUT2D eigenvalue weighted by atomic mass is 10.1. The maximum Gasteiger partial charge on any atom is 0.336 e. The highest BCUT2D eigenvalue weighted by atomic mass is 16.5. The van der Waals surface area contributed by atoms with Gasteiger partial charge in [-0.1, -0.05) is 12.8 Å². The smallest absolute Gasteiger partial charge is 0.336 e. The van der Waals surface area contributed by atoms with E-state index in [1.54, 1.807) is 0 Å². The van der Waals surface area contributed by atoms with Crippen molar-refractivity contribution in [3.63, 3.8) is 0 Å². The fourth-order valence-corrected chi connectivity index (χ4v) is 1.30. The molecular weight excluding hydrogens is 224 g/mol. The van der Waals surface area contributed by atoms with Crippen LogP contribution in [0.4, 0.5) is 0 Å². The Morgan fingerprint density at radius 2 is 1.94 bits per heavy atom. The van der Waals surface area contributed by atoms with Crippen molar-refractivity contribution in [2.45, 2.75) is 38.2 Å². The van der Waals surface area contributed by atoms with E-state index in [0.717, 1.165) is 25.7 Å². The predicted molar refractivity (Wildman–Crippen MR) is 63.2 cm³/mol. The van der Waals surface area contributed by atoms with Gasteiger partial charge in [-0.15, -0.1) is 0 Å². The maximum absolute atomic E-state index is 11.3. The molecule has 6 heteroatoms. The van der Waals surface area contributed by atoms with E-state index in [1.807, 2.05) is 0 Å². The summed E-state index contributed by atoms with van der Waals surface area (Å²) in [4.78, 5) is 22.1. The van der Waals surface area contributed by atoms with E-state index in [4.69, 9.17) is 5.73 Å². The molecule has 100 valence electrons. The molecule has 0 aromatic rings. The average molecular weight is 246 g/mol. The van der Waals surface area contributed by atoms with Gasteiger partial charge < -0.3 is 20.9 Å². The molecule has 17 heavy (non-hydrogen) atoms. The van der Waals surface area contributed by atoms with Crippen molar-refractivity contribution in [1.29, 1.82) is 0 Å². The number of methoxy groups -OCH3 is 1. The highest BCUT2D eigenvalue weighted by molar-refractivity contribution is 5.78. The zero-order valence-electron chi connectivity index (χ0n) is 10.3. The lowest BCUT2D eigenvalue weighted by molar-refractivity contribution is -0.150. The highest BCUT2D eigenvalue weighted by Gasteiger charge is 2.15. The van der Waals surface area contributed by atoms with E-state index in [-0.39, 0.29) is 12.5 Å². The van der Waals surface area contributed by atoms with Crippen molar-refractivity contribution >= 4 is 11.9 Å². The molecule has 0 heterocycles. The van der Waals surface area contributed by atoms with Gasteiger partial charge in [0.25, 0.3) is 0 Å². The number of hydrogen-bond donors (Lipinski definition) is 3. The number of unbranched alkanes of at least 4 members (excludes halogenated alkanes) is 3. The zero-order chi connectivity index (χ0) is 13.1. The number of aliphatic hydroxyl groups excluding tert-OH is 1. The normalized spacial score (nSPS) is 11.9. The lowest BCUT2D eigenvalue weighted by Gasteiger charge is -2.09. The number of carbonyl (C=O) groups excluding carboxylic acids is 2. The van der Waals surface area contributed by atoms with Gasteiger partial charge in [0.05, 0.1) is 13.7 Å². The fourth-order valence-electron chi connectivity index (χ4n) is 1.30. The van der Waals surface area contributed by atoms with Crippen molar-refractivity contribution in [2.75, 3.05) is 20.2 Å². The van der Waals surface area contributed by atoms with E-state index in [1.165, 1.54) is 7.11 Å². The SMILES string of the molecule is COC(=O)C(O)CNC(=O)CCCCCCN. The monoisotopic (exact) mass is 246 g/mol. The molecule has 0 aliphatic heterocycles. The van der Waals surface area contributed by atoms with Gasteiger partial charge in [-0.2, -0.15) is 0 Å². The number of esters is 1. The van der Waals surface area contributed by atoms with Crippen LogP contribution in [0.15, 0.2) is 0 Å². The third kappa shape index (κ3) is 8.65. The van der Waals surface area contributed by atoms with Crippen molar-refractivity contribution in [2.24, 2.45) is 5.73 Å². The molecule has 1 atom stereocenters. The molecule has 0 fully saturated rings. The highest BCUT2D eigenvalue weighted by Crippen LogP contribution is 2.01. The Morgan fingerprint density at radius 3 is 2.53 bits per heavy atom. The first-order chi connectivity index (χ1) is 8.11. The van der Waals surface area contributed by atoms with Crippen molar-refractivity contribution < 1.29 is 19.4 Å². The number of hydrogen-bond acceptors (Lipinski definition) is 5. The van der Waals surface area contributed by atoms with Crippen LogP contribution in [-0.2, 0) is 14.3 Å². The largest absolute Gasteiger partial charge is 0.467 e. The van der Waals surface area contributed by atoms with Crippen molar-refractivity contribution in [3.05, 3.63) is 0 Å². The molecule has 0 aromatic carbocycles. The molecule has 0 aliphatic rings. The quantitative estimate of drug-likeness (QED) is 0.377. The number of amides is 1. The van der Waals surface area contributed by atoms with Gasteiger partial charge in [-0.3, -0.25) is 4.79 Å². The molecule has 0 rings (SSSR count). The Labute approximate surface area is 102 Å². The second kappa shape index (κ2) is 10.0. The zero-order valence-corrected chi connectivity index (χ0v) is 10.3. The Kier molecular flexibility index (Phi) is 9.37. The number of rotatable bonds is 9. The third-order valence-electron chi connectivity index (χ3n) is 2.32. The van der Waals surface area contributed by atoms with Crippen LogP contribution in [-0.4, -0.2) is 43.3 Å². The standard InChI is InChI=1S/C11H22N2O4/c1-17-11(16)9(14)8-13-10(15)6-4-2-3-5-7-12/h9,14H,2-8,12H2,1H3,(H,13,15). The van der Waals surface area contributed by atoms with Gasteiger partial charge in [0.1, 0.15) is 0 Å². The van der Waals surface area contributed by atoms with Gasteiger partial charge in [-0.25, -0.2) is 4.79 Å². The van der Waals surface area contributed by atoms with Crippen molar-refractivity contribution in [1.82, 2.24) is 5.32 Å². The summed E-state index contributed by atoms with van der Waals surface area (Å²) in [6, 6.07) is 0. The van der Waals surface area contributed by atoms with Crippen LogP contribution in [0, 0.1) is 0 Å². The van der Waals surface area contributed by atoms with Crippen LogP contribution in [0.5, 0.6) is 0 Å². The summed E-state index contributed by atoms with van der Waals surface area (Å²) >= 11 is 0. The molecule has 0 aromatic heterocycles. The minimum absolute atomic E-state index is 0.103. The molecule has 6 nitrogen and oxygen atoms in total. The summed E-state index contributed by atoms with van der Waals surface area (Å²) in [7, 11) is 1.19. The number of ether oxygens (including phenoxy) is 1. The number of nitrogens with two attached hydrogens (primary N) is 1. The van der Waals surface area contributed by atoms with Crippen LogP contribution in [0.3, 0.4) is 0 Å². The molecule has 0 aliphatic carbocycles. The van der Waals surface area contributed by atoms with Gasteiger partial charge in [0, 0.05) is 6.42 Å². The topological polar surface area (TPSA) is 102 Å². The molecule has 0 saturated heterocycles. The summed E-state index contributed by atoms with van der Waals surface area (Å²) in [5.41, 5.74) is 5.34. The second-order valence-electron chi connectivity index (χ2n) is 3.80. The number of nitrogens with one attached hydrogen (secondary N) is 1. The summed E-state index contributed by atoms with van der Waals surface area (Å²) in [5, 5.41) is 11.7. The first kappa shape index (κ1) is 15.9. The third-order valence-corrected chi connectivity index (χ3v) is 2.32. The summed E-state index contributed by atoms with van der Waals surface area (Å²) < 4.78 is 4.32. The Morgan fingerprint density at radius 1 is 1.29 bits per heavy atom. The molecule has 0 radical (unpaired) electrons.